The van der Waals surface area contributed by atoms with Crippen LogP contribution in [0.1, 0.15) is 0 Å². The molecule has 0 aromatic heterocycles. The van der Waals surface area contributed by atoms with Gasteiger partial charge in [0.05, 0.1) is 0 Å². The molecule has 0 N–H and O–H groups in total. The first-order valence-electron chi connectivity index (χ1n) is 3.05. The van der Waals surface area contributed by atoms with E-state index in [4.69, 9.17) is 11.6 Å². The van der Waals surface area contributed by atoms with Crippen molar-refractivity contribution in [3.8, 4) is 0 Å². The number of hydrogen-bond donors (Lipinski definition) is 0. The maximum Gasteiger partial charge on any atom is 0.275 e. The summed E-state index contributed by atoms with van der Waals surface area (Å²) >= 11 is 6.91. The Balaban J connectivity index is 2.77. The summed E-state index contributed by atoms with van der Waals surface area (Å²) in [4.78, 5) is 23.7. The zero-order chi connectivity index (χ0) is 8.97. The zero-order valence-electron chi connectivity index (χ0n) is 5.86. The van der Waals surface area contributed by atoms with Crippen LogP contribution in [0.4, 0.5) is 0 Å². The minimum atomic E-state index is -0.571. The molecule has 0 aliphatic carbocycles. The third-order valence-electron chi connectivity index (χ3n) is 1.18. The van der Waals surface area contributed by atoms with Gasteiger partial charge in [-0.05, 0) is 11.5 Å². The van der Waals surface area contributed by atoms with Crippen LogP contribution in [0.5, 0.6) is 0 Å². The van der Waals surface area contributed by atoms with Gasteiger partial charge in [0.15, 0.2) is 0 Å². The average molecular weight is 202 g/mol. The smallest absolute Gasteiger partial charge is 0.270 e. The van der Waals surface area contributed by atoms with E-state index in [0.717, 1.165) is 0 Å². The van der Waals surface area contributed by atoms with Gasteiger partial charge in [0.25, 0.3) is 5.91 Å². The summed E-state index contributed by atoms with van der Waals surface area (Å²) in [5.74, 6) is -0.569. The predicted octanol–water partition coefficient (Wildman–Crippen LogP) is 1.60. The largest absolute Gasteiger partial charge is 0.275 e. The minimum absolute atomic E-state index is 0.381. The van der Waals surface area contributed by atoms with Crippen LogP contribution < -0.4 is 0 Å². The number of halogens is 1. The molecule has 12 heavy (non-hydrogen) atoms. The van der Waals surface area contributed by atoms with Gasteiger partial charge in [0, 0.05) is 5.03 Å². The van der Waals surface area contributed by atoms with Crippen LogP contribution in [-0.4, -0.2) is 17.2 Å². The fourth-order valence-electron chi connectivity index (χ4n) is 0.687. The molecular weight excluding hydrogens is 198 g/mol. The SMILES string of the molecule is O=C=NC(=O)C1SC=CC=C1Cl. The summed E-state index contributed by atoms with van der Waals surface area (Å²) in [5.41, 5.74) is 0. The second-order valence-electron chi connectivity index (χ2n) is 1.94. The normalized spacial score (nSPS) is 21.1. The lowest BCUT2D eigenvalue weighted by Gasteiger charge is -2.10. The first-order valence-corrected chi connectivity index (χ1v) is 4.37. The van der Waals surface area contributed by atoms with E-state index in [2.05, 4.69) is 4.99 Å². The van der Waals surface area contributed by atoms with Crippen LogP contribution in [0.2, 0.25) is 0 Å². The van der Waals surface area contributed by atoms with Crippen LogP contribution in [0.15, 0.2) is 27.6 Å². The molecule has 1 aliphatic heterocycles. The van der Waals surface area contributed by atoms with E-state index >= 15 is 0 Å². The van der Waals surface area contributed by atoms with Crippen molar-refractivity contribution in [1.82, 2.24) is 0 Å². The lowest BCUT2D eigenvalue weighted by molar-refractivity contribution is -0.116. The van der Waals surface area contributed by atoms with Crippen molar-refractivity contribution in [2.45, 2.75) is 5.25 Å². The van der Waals surface area contributed by atoms with Gasteiger partial charge in [-0.2, -0.15) is 0 Å². The Labute approximate surface area is 78.2 Å². The molecule has 0 fully saturated rings. The van der Waals surface area contributed by atoms with Crippen molar-refractivity contribution in [3.05, 3.63) is 22.6 Å². The number of amides is 1. The number of carbonyl (C=O) groups excluding carboxylic acids is 2. The maximum atomic E-state index is 11.0. The molecule has 0 saturated carbocycles. The van der Waals surface area contributed by atoms with E-state index in [-0.39, 0.29) is 0 Å². The van der Waals surface area contributed by atoms with Crippen molar-refractivity contribution in [3.63, 3.8) is 0 Å². The molecule has 1 unspecified atom stereocenters. The Hall–Kier alpha value is -0.830. The molecular formula is C7H4ClNO2S. The summed E-state index contributed by atoms with van der Waals surface area (Å²) < 4.78 is 0. The van der Waals surface area contributed by atoms with Crippen molar-refractivity contribution in [2.24, 2.45) is 4.99 Å². The molecule has 0 bridgehead atoms. The van der Waals surface area contributed by atoms with E-state index < -0.39 is 11.2 Å². The van der Waals surface area contributed by atoms with Gasteiger partial charge in [0.2, 0.25) is 6.08 Å². The second-order valence-corrected chi connectivity index (χ2v) is 3.39. The molecule has 1 aliphatic rings. The fraction of sp³-hybridized carbons (Fsp3) is 0.143. The topological polar surface area (TPSA) is 46.5 Å². The standard InChI is InChI=1S/C7H4ClNO2S/c8-5-2-1-3-12-6(5)7(11)9-4-10/h1-3,6H. The summed E-state index contributed by atoms with van der Waals surface area (Å²) in [6.07, 6.45) is 4.51. The minimum Gasteiger partial charge on any atom is -0.270 e. The molecule has 0 aromatic carbocycles. The quantitative estimate of drug-likeness (QED) is 0.478. The molecule has 1 rings (SSSR count). The highest BCUT2D eigenvalue weighted by Crippen LogP contribution is 2.28. The van der Waals surface area contributed by atoms with E-state index in [0.29, 0.717) is 5.03 Å². The third kappa shape index (κ3) is 2.08. The number of allylic oxidation sites excluding steroid dienone is 2. The van der Waals surface area contributed by atoms with E-state index in [1.807, 2.05) is 0 Å². The Morgan fingerprint density at radius 1 is 1.75 bits per heavy atom. The van der Waals surface area contributed by atoms with Gasteiger partial charge in [-0.1, -0.05) is 17.7 Å². The van der Waals surface area contributed by atoms with Gasteiger partial charge in [0.1, 0.15) is 5.25 Å². The molecule has 0 radical (unpaired) electrons. The number of rotatable bonds is 1. The monoisotopic (exact) mass is 201 g/mol. The van der Waals surface area contributed by atoms with Gasteiger partial charge in [-0.25, -0.2) is 4.79 Å². The van der Waals surface area contributed by atoms with Gasteiger partial charge in [-0.3, -0.25) is 4.79 Å². The first kappa shape index (κ1) is 9.26. The van der Waals surface area contributed by atoms with Crippen LogP contribution in [0, 0.1) is 0 Å². The lowest BCUT2D eigenvalue weighted by Crippen LogP contribution is -2.15. The highest BCUT2D eigenvalue weighted by atomic mass is 35.5. The Bertz CT molecular complexity index is 305. The summed E-state index contributed by atoms with van der Waals surface area (Å²) in [7, 11) is 0. The number of carbonyl (C=O) groups is 1. The average Bonchev–Trinajstić information content (AvgIpc) is 2.05. The van der Waals surface area contributed by atoms with Crippen LogP contribution in [-0.2, 0) is 9.59 Å². The van der Waals surface area contributed by atoms with Gasteiger partial charge in [-0.15, -0.1) is 16.8 Å². The number of hydrogen-bond acceptors (Lipinski definition) is 3. The molecule has 5 heteroatoms. The van der Waals surface area contributed by atoms with Crippen molar-refractivity contribution >= 4 is 35.3 Å². The van der Waals surface area contributed by atoms with Crippen molar-refractivity contribution < 1.29 is 9.59 Å². The van der Waals surface area contributed by atoms with E-state index in [1.165, 1.54) is 17.8 Å². The predicted molar refractivity (Wildman–Crippen MR) is 47.6 cm³/mol. The molecule has 0 aromatic rings. The Morgan fingerprint density at radius 3 is 3.08 bits per heavy atom. The third-order valence-corrected chi connectivity index (χ3v) is 2.69. The van der Waals surface area contributed by atoms with E-state index in [9.17, 15) is 9.59 Å². The van der Waals surface area contributed by atoms with Crippen molar-refractivity contribution in [2.75, 3.05) is 0 Å². The van der Waals surface area contributed by atoms with Crippen LogP contribution in [0.25, 0.3) is 0 Å². The summed E-state index contributed by atoms with van der Waals surface area (Å²) in [5, 5.41) is 1.53. The molecule has 3 nitrogen and oxygen atoms in total. The molecule has 0 saturated heterocycles. The number of isocyanates is 1. The second kappa shape index (κ2) is 4.26. The van der Waals surface area contributed by atoms with Crippen LogP contribution >= 0.6 is 23.4 Å². The van der Waals surface area contributed by atoms with E-state index in [1.54, 1.807) is 17.6 Å². The Kier molecular flexibility index (Phi) is 3.29. The van der Waals surface area contributed by atoms with Gasteiger partial charge < -0.3 is 0 Å². The summed E-state index contributed by atoms with van der Waals surface area (Å²) in [6, 6.07) is 0. The lowest BCUT2D eigenvalue weighted by atomic mass is 10.3. The molecule has 1 amide bonds. The summed E-state index contributed by atoms with van der Waals surface area (Å²) in [6.45, 7) is 0. The Morgan fingerprint density at radius 2 is 2.50 bits per heavy atom. The molecule has 1 atom stereocenters. The number of nitrogens with zero attached hydrogens (tertiary/aromatic N) is 1. The number of thioether (sulfide) groups is 1. The maximum absolute atomic E-state index is 11.0. The highest BCUT2D eigenvalue weighted by molar-refractivity contribution is 8.03. The highest BCUT2D eigenvalue weighted by Gasteiger charge is 2.22. The first-order chi connectivity index (χ1) is 5.75. The number of aliphatic imine (C=N–C) groups is 1. The van der Waals surface area contributed by atoms with Gasteiger partial charge >= 0.3 is 0 Å². The van der Waals surface area contributed by atoms with Crippen LogP contribution in [0.3, 0.4) is 0 Å². The fourth-order valence-corrected chi connectivity index (χ4v) is 1.71. The van der Waals surface area contributed by atoms with Crippen molar-refractivity contribution in [1.29, 1.82) is 0 Å². The molecule has 0 spiro atoms. The molecule has 1 heterocycles. The molecule has 62 valence electrons. The zero-order valence-corrected chi connectivity index (χ0v) is 7.43.